The molecule has 0 unspecified atom stereocenters. The molecule has 2 rings (SSSR count). The van der Waals surface area contributed by atoms with Gasteiger partial charge in [0, 0.05) is 21.3 Å². The molecule has 0 spiro atoms. The molecule has 76 valence electrons. The smallest absolute Gasteiger partial charge is 0.248 e. The first kappa shape index (κ1) is 10.1. The molecule has 0 aromatic carbocycles. The normalized spacial score (nSPS) is 17.5. The fourth-order valence-electron chi connectivity index (χ4n) is 1.34. The van der Waals surface area contributed by atoms with E-state index in [0.29, 0.717) is 19.7 Å². The summed E-state index contributed by atoms with van der Waals surface area (Å²) in [5.74, 6) is 0.0840. The van der Waals surface area contributed by atoms with Gasteiger partial charge in [-0.05, 0) is 22.0 Å². The second kappa shape index (κ2) is 4.42. The van der Waals surface area contributed by atoms with Crippen LogP contribution in [0.5, 0.6) is 0 Å². The van der Waals surface area contributed by atoms with E-state index in [1.165, 1.54) is 4.88 Å². The molecule has 0 atom stereocenters. The van der Waals surface area contributed by atoms with Crippen LogP contribution in [0.15, 0.2) is 15.9 Å². The van der Waals surface area contributed by atoms with E-state index in [-0.39, 0.29) is 12.5 Å². The third-order valence-corrected chi connectivity index (χ3v) is 3.73. The maximum absolute atomic E-state index is 11.4. The van der Waals surface area contributed by atoms with Crippen molar-refractivity contribution in [1.29, 1.82) is 0 Å². The molecule has 5 heteroatoms. The Bertz CT molecular complexity index is 339. The van der Waals surface area contributed by atoms with Crippen LogP contribution in [0.2, 0.25) is 0 Å². The highest BCUT2D eigenvalue weighted by atomic mass is 79.9. The van der Waals surface area contributed by atoms with Crippen molar-refractivity contribution in [3.8, 4) is 0 Å². The third-order valence-electron chi connectivity index (χ3n) is 2.05. The van der Waals surface area contributed by atoms with Crippen molar-refractivity contribution in [3.63, 3.8) is 0 Å². The molecule has 1 aliphatic heterocycles. The average molecular weight is 276 g/mol. The van der Waals surface area contributed by atoms with E-state index in [9.17, 15) is 4.79 Å². The first-order chi connectivity index (χ1) is 6.75. The Morgan fingerprint density at radius 1 is 1.64 bits per heavy atom. The van der Waals surface area contributed by atoms with Crippen LogP contribution >= 0.6 is 27.3 Å². The lowest BCUT2D eigenvalue weighted by molar-refractivity contribution is -0.143. The zero-order valence-corrected chi connectivity index (χ0v) is 9.94. The Balaban J connectivity index is 1.99. The van der Waals surface area contributed by atoms with Crippen molar-refractivity contribution in [2.75, 3.05) is 19.8 Å². The molecule has 2 heterocycles. The number of carbonyl (C=O) groups excluding carboxylic acids is 1. The minimum Gasteiger partial charge on any atom is -0.370 e. The van der Waals surface area contributed by atoms with Gasteiger partial charge in [0.05, 0.1) is 13.2 Å². The van der Waals surface area contributed by atoms with Crippen LogP contribution in [0, 0.1) is 0 Å². The zero-order chi connectivity index (χ0) is 9.97. The third kappa shape index (κ3) is 2.34. The number of amides is 1. The maximum atomic E-state index is 11.4. The number of hydrogen-bond acceptors (Lipinski definition) is 3. The van der Waals surface area contributed by atoms with Gasteiger partial charge in [0.2, 0.25) is 5.91 Å². The lowest BCUT2D eigenvalue weighted by Crippen LogP contribution is -2.40. The van der Waals surface area contributed by atoms with E-state index < -0.39 is 0 Å². The topological polar surface area (TPSA) is 29.5 Å². The highest BCUT2D eigenvalue weighted by Gasteiger charge is 2.18. The molecule has 0 saturated carbocycles. The Hall–Kier alpha value is -0.390. The van der Waals surface area contributed by atoms with Crippen LogP contribution < -0.4 is 0 Å². The predicted octanol–water partition coefficient (Wildman–Crippen LogP) is 1.87. The monoisotopic (exact) mass is 275 g/mol. The molecule has 1 amide bonds. The molecule has 1 fully saturated rings. The second-order valence-electron chi connectivity index (χ2n) is 3.10. The van der Waals surface area contributed by atoms with E-state index in [1.807, 2.05) is 16.3 Å². The summed E-state index contributed by atoms with van der Waals surface area (Å²) < 4.78 is 6.14. The first-order valence-electron chi connectivity index (χ1n) is 4.34. The first-order valence-corrected chi connectivity index (χ1v) is 6.01. The Morgan fingerprint density at radius 3 is 3.14 bits per heavy atom. The molecule has 1 aliphatic rings. The lowest BCUT2D eigenvalue weighted by atomic mass is 10.3. The van der Waals surface area contributed by atoms with Gasteiger partial charge in [-0.1, -0.05) is 0 Å². The molecule has 3 nitrogen and oxygen atoms in total. The summed E-state index contributed by atoms with van der Waals surface area (Å²) in [5, 5.41) is 2.03. The van der Waals surface area contributed by atoms with Crippen LogP contribution in [0.1, 0.15) is 4.88 Å². The molecule has 0 bridgehead atoms. The quantitative estimate of drug-likeness (QED) is 0.825. The number of nitrogens with zero attached hydrogens (tertiary/aromatic N) is 1. The molecular formula is C9H10BrNO2S. The van der Waals surface area contributed by atoms with Gasteiger partial charge in [-0.25, -0.2) is 0 Å². The van der Waals surface area contributed by atoms with Crippen molar-refractivity contribution in [1.82, 2.24) is 4.90 Å². The van der Waals surface area contributed by atoms with Gasteiger partial charge in [-0.2, -0.15) is 0 Å². The summed E-state index contributed by atoms with van der Waals surface area (Å²) in [5.41, 5.74) is 0. The summed E-state index contributed by atoms with van der Waals surface area (Å²) in [7, 11) is 0. The van der Waals surface area contributed by atoms with Gasteiger partial charge in [0.15, 0.2) is 0 Å². The number of halogens is 1. The number of rotatable bonds is 2. The summed E-state index contributed by atoms with van der Waals surface area (Å²) >= 11 is 5.06. The maximum Gasteiger partial charge on any atom is 0.248 e. The molecular weight excluding hydrogens is 266 g/mol. The van der Waals surface area contributed by atoms with Gasteiger partial charge in [-0.3, -0.25) is 4.79 Å². The Morgan fingerprint density at radius 2 is 2.50 bits per heavy atom. The molecule has 0 radical (unpaired) electrons. The Kier molecular flexibility index (Phi) is 3.20. The molecule has 0 N–H and O–H groups in total. The van der Waals surface area contributed by atoms with Crippen molar-refractivity contribution in [2.24, 2.45) is 0 Å². The van der Waals surface area contributed by atoms with Crippen LogP contribution in [-0.2, 0) is 16.1 Å². The SMILES string of the molecule is O=C1COCCN1Cc1cc(Br)cs1. The highest BCUT2D eigenvalue weighted by molar-refractivity contribution is 9.10. The van der Waals surface area contributed by atoms with Gasteiger partial charge in [0.1, 0.15) is 6.61 Å². The van der Waals surface area contributed by atoms with Crippen molar-refractivity contribution < 1.29 is 9.53 Å². The summed E-state index contributed by atoms with van der Waals surface area (Å²) in [6.07, 6.45) is 0. The van der Waals surface area contributed by atoms with Crippen molar-refractivity contribution in [3.05, 3.63) is 20.8 Å². The van der Waals surface area contributed by atoms with Crippen molar-refractivity contribution in [2.45, 2.75) is 6.54 Å². The fraction of sp³-hybridized carbons (Fsp3) is 0.444. The van der Waals surface area contributed by atoms with E-state index in [0.717, 1.165) is 4.47 Å². The zero-order valence-electron chi connectivity index (χ0n) is 7.53. The second-order valence-corrected chi connectivity index (χ2v) is 5.01. The molecule has 0 aliphatic carbocycles. The minimum atomic E-state index is 0.0840. The Labute approximate surface area is 94.8 Å². The molecule has 1 aromatic heterocycles. The minimum absolute atomic E-state index is 0.0840. The standard InChI is InChI=1S/C9H10BrNO2S/c10-7-3-8(14-6-7)4-11-1-2-13-5-9(11)12/h3,6H,1-2,4-5H2. The number of hydrogen-bond donors (Lipinski definition) is 0. The predicted molar refractivity (Wildman–Crippen MR) is 58.3 cm³/mol. The molecule has 1 saturated heterocycles. The summed E-state index contributed by atoms with van der Waals surface area (Å²) in [6, 6.07) is 2.05. The van der Waals surface area contributed by atoms with Gasteiger partial charge >= 0.3 is 0 Å². The van der Waals surface area contributed by atoms with Gasteiger partial charge in [0.25, 0.3) is 0 Å². The highest BCUT2D eigenvalue weighted by Crippen LogP contribution is 2.21. The van der Waals surface area contributed by atoms with Gasteiger partial charge < -0.3 is 9.64 Å². The molecule has 1 aromatic rings. The number of carbonyl (C=O) groups is 1. The largest absolute Gasteiger partial charge is 0.370 e. The van der Waals surface area contributed by atoms with Crippen LogP contribution in [0.3, 0.4) is 0 Å². The number of ether oxygens (including phenoxy) is 1. The van der Waals surface area contributed by atoms with E-state index >= 15 is 0 Å². The van der Waals surface area contributed by atoms with Crippen LogP contribution in [-0.4, -0.2) is 30.6 Å². The van der Waals surface area contributed by atoms with E-state index in [2.05, 4.69) is 15.9 Å². The summed E-state index contributed by atoms with van der Waals surface area (Å²) in [6.45, 7) is 2.29. The molecule has 14 heavy (non-hydrogen) atoms. The number of morpholine rings is 1. The fourth-order valence-corrected chi connectivity index (χ4v) is 2.81. The number of thiophene rings is 1. The van der Waals surface area contributed by atoms with Gasteiger partial charge in [-0.15, -0.1) is 11.3 Å². The lowest BCUT2D eigenvalue weighted by Gasteiger charge is -2.26. The van der Waals surface area contributed by atoms with E-state index in [1.54, 1.807) is 11.3 Å². The summed E-state index contributed by atoms with van der Waals surface area (Å²) in [4.78, 5) is 14.4. The average Bonchev–Trinajstić information content (AvgIpc) is 2.56. The van der Waals surface area contributed by atoms with Crippen LogP contribution in [0.25, 0.3) is 0 Å². The van der Waals surface area contributed by atoms with E-state index in [4.69, 9.17) is 4.74 Å². The van der Waals surface area contributed by atoms with Crippen molar-refractivity contribution >= 4 is 33.2 Å². The van der Waals surface area contributed by atoms with Crippen LogP contribution in [0.4, 0.5) is 0 Å².